The maximum Gasteiger partial charge on any atom is 0.243 e. The van der Waals surface area contributed by atoms with E-state index in [9.17, 15) is 19.5 Å². The lowest BCUT2D eigenvalue weighted by molar-refractivity contribution is -0.142. The highest BCUT2D eigenvalue weighted by molar-refractivity contribution is 5.93. The third-order valence-electron chi connectivity index (χ3n) is 7.21. The van der Waals surface area contributed by atoms with Gasteiger partial charge in [-0.05, 0) is 42.0 Å². The van der Waals surface area contributed by atoms with Crippen LogP contribution in [0.4, 0.5) is 0 Å². The summed E-state index contributed by atoms with van der Waals surface area (Å²) in [6.45, 7) is 0.620. The summed E-state index contributed by atoms with van der Waals surface area (Å²) in [6.07, 6.45) is 4.71. The molecule has 0 radical (unpaired) electrons. The first-order valence-corrected chi connectivity index (χ1v) is 12.7. The van der Waals surface area contributed by atoms with Crippen molar-refractivity contribution in [1.29, 1.82) is 0 Å². The van der Waals surface area contributed by atoms with Gasteiger partial charge in [0.1, 0.15) is 12.1 Å². The molecular formula is C27H37ClN4O4. The number of fused-ring (bicyclic) bond motifs is 1. The molecule has 36 heavy (non-hydrogen) atoms. The van der Waals surface area contributed by atoms with E-state index < -0.39 is 18.2 Å². The first-order valence-electron chi connectivity index (χ1n) is 12.7. The monoisotopic (exact) mass is 516 g/mol. The van der Waals surface area contributed by atoms with Gasteiger partial charge in [-0.1, -0.05) is 55.3 Å². The molecule has 3 atom stereocenters. The van der Waals surface area contributed by atoms with Crippen molar-refractivity contribution in [2.45, 2.75) is 63.1 Å². The Morgan fingerprint density at radius 2 is 1.75 bits per heavy atom. The minimum atomic E-state index is -0.856. The summed E-state index contributed by atoms with van der Waals surface area (Å²) in [5, 5.41) is 17.5. The lowest BCUT2D eigenvalue weighted by Gasteiger charge is -2.28. The van der Waals surface area contributed by atoms with Crippen LogP contribution in [-0.4, -0.2) is 65.5 Å². The van der Waals surface area contributed by atoms with Gasteiger partial charge >= 0.3 is 0 Å². The lowest BCUT2D eigenvalue weighted by atomic mass is 10.0. The van der Waals surface area contributed by atoms with Gasteiger partial charge in [0.15, 0.2) is 0 Å². The highest BCUT2D eigenvalue weighted by atomic mass is 35.5. The number of nitrogens with two attached hydrogens (primary N) is 1. The fourth-order valence-corrected chi connectivity index (χ4v) is 5.21. The Morgan fingerprint density at radius 1 is 1.03 bits per heavy atom. The molecule has 1 saturated heterocycles. The van der Waals surface area contributed by atoms with E-state index in [-0.39, 0.29) is 49.1 Å². The number of carbonyl (C=O) groups excluding carboxylic acids is 3. The quantitative estimate of drug-likeness (QED) is 0.405. The molecule has 1 saturated carbocycles. The number of nitrogens with one attached hydrogen (secondary N) is 2. The van der Waals surface area contributed by atoms with Crippen LogP contribution in [-0.2, 0) is 20.8 Å². The fraction of sp³-hybridized carbons (Fsp3) is 0.519. The van der Waals surface area contributed by atoms with E-state index in [1.165, 1.54) is 0 Å². The second kappa shape index (κ2) is 13.0. The van der Waals surface area contributed by atoms with Crippen LogP contribution >= 0.6 is 12.4 Å². The smallest absolute Gasteiger partial charge is 0.243 e. The van der Waals surface area contributed by atoms with Crippen molar-refractivity contribution >= 4 is 40.9 Å². The molecule has 8 nitrogen and oxygen atoms in total. The van der Waals surface area contributed by atoms with Crippen molar-refractivity contribution in [3.63, 3.8) is 0 Å². The van der Waals surface area contributed by atoms with E-state index in [1.807, 2.05) is 42.5 Å². The Hall–Kier alpha value is -2.68. The Kier molecular flexibility index (Phi) is 10.1. The van der Waals surface area contributed by atoms with Crippen LogP contribution in [0.2, 0.25) is 0 Å². The fourth-order valence-electron chi connectivity index (χ4n) is 5.21. The van der Waals surface area contributed by atoms with E-state index in [1.54, 1.807) is 4.90 Å². The maximum absolute atomic E-state index is 13.3. The number of rotatable bonds is 9. The van der Waals surface area contributed by atoms with E-state index in [0.29, 0.717) is 19.4 Å². The Balaban J connectivity index is 0.00000361. The number of carbonyl (C=O) groups is 3. The number of hydrogen-bond acceptors (Lipinski definition) is 5. The normalized spacial score (nSPS) is 19.5. The number of benzene rings is 2. The standard InChI is InChI=1S/C27H36N4O4.ClH/c28-16-22(32)17-29-25(33)23(15-18-11-12-19-6-1-4-9-21(19)14-18)30-26(34)24-10-5-13-31(24)27(35)20-7-2-3-8-20;/h1,4,6,9,11-12,14,20,22-24,32H,2-3,5,7-8,10,13,15-17,28H2,(H,29,33)(H,30,34);1H/t22?,23-,24+;/m1./s1. The molecule has 0 bridgehead atoms. The average molecular weight is 517 g/mol. The Morgan fingerprint density at radius 3 is 2.47 bits per heavy atom. The minimum absolute atomic E-state index is 0. The number of halogens is 1. The highest BCUT2D eigenvalue weighted by Gasteiger charge is 2.39. The molecule has 2 aliphatic rings. The van der Waals surface area contributed by atoms with E-state index in [4.69, 9.17) is 5.73 Å². The van der Waals surface area contributed by atoms with E-state index in [2.05, 4.69) is 10.6 Å². The van der Waals surface area contributed by atoms with Crippen molar-refractivity contribution in [3.8, 4) is 0 Å². The third kappa shape index (κ3) is 6.75. The van der Waals surface area contributed by atoms with Crippen LogP contribution in [0, 0.1) is 5.92 Å². The summed E-state index contributed by atoms with van der Waals surface area (Å²) >= 11 is 0. The number of aliphatic hydroxyl groups is 1. The Labute approximate surface area is 218 Å². The summed E-state index contributed by atoms with van der Waals surface area (Å²) in [5.41, 5.74) is 6.37. The van der Waals surface area contributed by atoms with E-state index >= 15 is 0 Å². The molecule has 3 amide bonds. The first kappa shape index (κ1) is 27.9. The van der Waals surface area contributed by atoms with Gasteiger partial charge in [0, 0.05) is 32.0 Å². The largest absolute Gasteiger partial charge is 0.390 e. The Bertz CT molecular complexity index is 1060. The van der Waals surface area contributed by atoms with Crippen LogP contribution in [0.5, 0.6) is 0 Å². The summed E-state index contributed by atoms with van der Waals surface area (Å²) in [4.78, 5) is 41.1. The van der Waals surface area contributed by atoms with E-state index in [0.717, 1.165) is 48.4 Å². The second-order valence-electron chi connectivity index (χ2n) is 9.75. The topological polar surface area (TPSA) is 125 Å². The molecule has 4 rings (SSSR count). The maximum atomic E-state index is 13.3. The molecule has 2 aromatic carbocycles. The zero-order valence-electron chi connectivity index (χ0n) is 20.5. The zero-order chi connectivity index (χ0) is 24.8. The minimum Gasteiger partial charge on any atom is -0.390 e. The molecule has 1 heterocycles. The van der Waals surface area contributed by atoms with Gasteiger partial charge in [-0.25, -0.2) is 0 Å². The molecule has 1 aliphatic heterocycles. The molecule has 2 fully saturated rings. The van der Waals surface area contributed by atoms with Crippen LogP contribution in [0.1, 0.15) is 44.1 Å². The van der Waals surface area contributed by atoms with Crippen molar-refractivity contribution in [1.82, 2.24) is 15.5 Å². The number of aliphatic hydroxyl groups excluding tert-OH is 1. The van der Waals surface area contributed by atoms with Gasteiger partial charge in [-0.3, -0.25) is 14.4 Å². The molecule has 1 unspecified atom stereocenters. The molecule has 0 aromatic heterocycles. The van der Waals surface area contributed by atoms with Gasteiger partial charge < -0.3 is 26.4 Å². The van der Waals surface area contributed by atoms with Crippen LogP contribution in [0.15, 0.2) is 42.5 Å². The zero-order valence-corrected chi connectivity index (χ0v) is 21.3. The van der Waals surface area contributed by atoms with Crippen LogP contribution < -0.4 is 16.4 Å². The van der Waals surface area contributed by atoms with Gasteiger partial charge in [-0.15, -0.1) is 12.4 Å². The first-order chi connectivity index (χ1) is 17.0. The SMILES string of the molecule is Cl.NCC(O)CNC(=O)[C@@H](Cc1ccc2ccccc2c1)NC(=O)[C@@H]1CCCN1C(=O)C1CCCC1. The van der Waals surface area contributed by atoms with Crippen molar-refractivity contribution in [3.05, 3.63) is 48.0 Å². The average Bonchev–Trinajstić information content (AvgIpc) is 3.59. The van der Waals surface area contributed by atoms with Crippen molar-refractivity contribution in [2.75, 3.05) is 19.6 Å². The van der Waals surface area contributed by atoms with Gasteiger partial charge in [-0.2, -0.15) is 0 Å². The number of likely N-dealkylation sites (tertiary alicyclic amines) is 1. The summed E-state index contributed by atoms with van der Waals surface area (Å²) in [6, 6.07) is 12.5. The summed E-state index contributed by atoms with van der Waals surface area (Å²) in [5.74, 6) is -0.598. The van der Waals surface area contributed by atoms with Gasteiger partial charge in [0.25, 0.3) is 0 Å². The second-order valence-corrected chi connectivity index (χ2v) is 9.75. The van der Waals surface area contributed by atoms with Crippen LogP contribution in [0.3, 0.4) is 0 Å². The third-order valence-corrected chi connectivity index (χ3v) is 7.21. The molecular weight excluding hydrogens is 480 g/mol. The van der Waals surface area contributed by atoms with Crippen LogP contribution in [0.25, 0.3) is 10.8 Å². The molecule has 9 heteroatoms. The molecule has 1 aliphatic carbocycles. The number of amides is 3. The highest BCUT2D eigenvalue weighted by Crippen LogP contribution is 2.30. The molecule has 5 N–H and O–H groups in total. The van der Waals surface area contributed by atoms with Gasteiger partial charge in [0.2, 0.25) is 17.7 Å². The summed E-state index contributed by atoms with van der Waals surface area (Å²) in [7, 11) is 0. The predicted octanol–water partition coefficient (Wildman–Crippen LogP) is 1.91. The van der Waals surface area contributed by atoms with Gasteiger partial charge in [0.05, 0.1) is 6.10 Å². The predicted molar refractivity (Wildman–Crippen MR) is 142 cm³/mol. The lowest BCUT2D eigenvalue weighted by Crippen LogP contribution is -2.55. The molecule has 196 valence electrons. The molecule has 0 spiro atoms. The van der Waals surface area contributed by atoms with Crippen molar-refractivity contribution in [2.24, 2.45) is 11.7 Å². The number of hydrogen-bond donors (Lipinski definition) is 4. The molecule has 2 aromatic rings. The van der Waals surface area contributed by atoms with Crippen molar-refractivity contribution < 1.29 is 19.5 Å². The summed E-state index contributed by atoms with van der Waals surface area (Å²) < 4.78 is 0. The number of nitrogens with zero attached hydrogens (tertiary/aromatic N) is 1.